The van der Waals surface area contributed by atoms with Crippen LogP contribution in [0.2, 0.25) is 0 Å². The Balaban J connectivity index is 2.45. The number of furan rings is 1. The van der Waals surface area contributed by atoms with E-state index >= 15 is 0 Å². The summed E-state index contributed by atoms with van der Waals surface area (Å²) < 4.78 is 5.52. The zero-order chi connectivity index (χ0) is 17.0. The Morgan fingerprint density at radius 1 is 1.39 bits per heavy atom. The monoisotopic (exact) mass is 311 g/mol. The molecule has 0 atom stereocenters. The molecule has 23 heavy (non-hydrogen) atoms. The highest BCUT2D eigenvalue weighted by atomic mass is 16.6. The molecule has 0 aliphatic rings. The lowest BCUT2D eigenvalue weighted by Gasteiger charge is -2.01. The van der Waals surface area contributed by atoms with E-state index in [-0.39, 0.29) is 22.8 Å². The van der Waals surface area contributed by atoms with Crippen molar-refractivity contribution < 1.29 is 14.1 Å². The van der Waals surface area contributed by atoms with E-state index in [0.29, 0.717) is 5.56 Å². The number of nitrogens with one attached hydrogen (secondary N) is 1. The summed E-state index contributed by atoms with van der Waals surface area (Å²) >= 11 is 0. The second kappa shape index (κ2) is 6.58. The topological polar surface area (TPSA) is 109 Å². The van der Waals surface area contributed by atoms with Crippen molar-refractivity contribution in [3.63, 3.8) is 0 Å². The van der Waals surface area contributed by atoms with Crippen molar-refractivity contribution >= 4 is 17.7 Å². The Bertz CT molecular complexity index is 843. The first kappa shape index (κ1) is 16.0. The fraction of sp³-hybridized carbons (Fsp3) is 0.125. The number of nitriles is 1. The van der Waals surface area contributed by atoms with Gasteiger partial charge in [-0.25, -0.2) is 0 Å². The average molecular weight is 311 g/mol. The number of carbonyl (C=O) groups excluding carboxylic acids is 1. The number of hydrogen-bond acceptors (Lipinski definition) is 5. The summed E-state index contributed by atoms with van der Waals surface area (Å²) in [6.07, 6.45) is 1.28. The predicted molar refractivity (Wildman–Crippen MR) is 83.2 cm³/mol. The van der Waals surface area contributed by atoms with Gasteiger partial charge < -0.3 is 9.73 Å². The quantitative estimate of drug-likeness (QED) is 0.404. The number of hydrogen-bond donors (Lipinski definition) is 1. The van der Waals surface area contributed by atoms with E-state index in [0.717, 1.165) is 5.56 Å². The summed E-state index contributed by atoms with van der Waals surface area (Å²) in [5.41, 5.74) is 0.908. The van der Waals surface area contributed by atoms with Gasteiger partial charge in [0.05, 0.1) is 10.5 Å². The molecule has 0 saturated heterocycles. The number of carbonyl (C=O) groups is 1. The lowest BCUT2D eigenvalue weighted by molar-refractivity contribution is -0.384. The van der Waals surface area contributed by atoms with Gasteiger partial charge in [0.2, 0.25) is 0 Å². The summed E-state index contributed by atoms with van der Waals surface area (Å²) in [7, 11) is 1.41. The minimum atomic E-state index is -0.535. The van der Waals surface area contributed by atoms with E-state index in [1.165, 1.54) is 19.2 Å². The fourth-order valence-corrected chi connectivity index (χ4v) is 2.00. The van der Waals surface area contributed by atoms with Crippen LogP contribution in [0.4, 0.5) is 5.69 Å². The zero-order valence-corrected chi connectivity index (χ0v) is 12.5. The minimum absolute atomic E-state index is 0.0679. The maximum atomic E-state index is 11.5. The molecular weight excluding hydrogens is 298 g/mol. The predicted octanol–water partition coefficient (Wildman–Crippen LogP) is 2.82. The van der Waals surface area contributed by atoms with Crippen molar-refractivity contribution in [1.29, 1.82) is 5.26 Å². The van der Waals surface area contributed by atoms with Crippen LogP contribution in [0.3, 0.4) is 0 Å². The summed E-state index contributed by atoms with van der Waals surface area (Å²) in [4.78, 5) is 22.2. The van der Waals surface area contributed by atoms with Crippen LogP contribution >= 0.6 is 0 Å². The molecule has 116 valence electrons. The molecule has 1 N–H and O–H groups in total. The average Bonchev–Trinajstić information content (AvgIpc) is 3.00. The van der Waals surface area contributed by atoms with E-state index in [1.807, 2.05) is 0 Å². The number of amides is 1. The summed E-state index contributed by atoms with van der Waals surface area (Å²) in [5, 5.41) is 22.5. The molecule has 0 aliphatic carbocycles. The largest absolute Gasteiger partial charge is 0.456 e. The van der Waals surface area contributed by atoms with Crippen LogP contribution in [-0.4, -0.2) is 17.9 Å². The van der Waals surface area contributed by atoms with E-state index in [2.05, 4.69) is 5.32 Å². The fourth-order valence-electron chi connectivity index (χ4n) is 2.00. The second-order valence-corrected chi connectivity index (χ2v) is 4.73. The molecule has 0 unspecified atom stereocenters. The highest BCUT2D eigenvalue weighted by Crippen LogP contribution is 2.32. The van der Waals surface area contributed by atoms with Crippen LogP contribution in [-0.2, 0) is 4.79 Å². The van der Waals surface area contributed by atoms with Gasteiger partial charge in [0.15, 0.2) is 0 Å². The van der Waals surface area contributed by atoms with Gasteiger partial charge in [-0.05, 0) is 30.7 Å². The van der Waals surface area contributed by atoms with E-state index in [1.54, 1.807) is 37.3 Å². The van der Waals surface area contributed by atoms with Gasteiger partial charge in [-0.15, -0.1) is 0 Å². The minimum Gasteiger partial charge on any atom is -0.456 e. The molecule has 2 aromatic rings. The Hall–Kier alpha value is -3.40. The third-order valence-electron chi connectivity index (χ3n) is 3.12. The molecule has 0 spiro atoms. The van der Waals surface area contributed by atoms with Crippen LogP contribution in [0.15, 0.2) is 40.3 Å². The molecule has 1 aromatic heterocycles. The van der Waals surface area contributed by atoms with Crippen molar-refractivity contribution in [3.05, 3.63) is 57.3 Å². The number of nitro groups is 1. The zero-order valence-electron chi connectivity index (χ0n) is 12.5. The second-order valence-electron chi connectivity index (χ2n) is 4.73. The van der Waals surface area contributed by atoms with Crippen LogP contribution in [0.1, 0.15) is 11.3 Å². The van der Waals surface area contributed by atoms with Gasteiger partial charge in [0.25, 0.3) is 11.6 Å². The smallest absolute Gasteiger partial charge is 0.280 e. The van der Waals surface area contributed by atoms with Crippen molar-refractivity contribution in [3.8, 4) is 17.4 Å². The highest BCUT2D eigenvalue weighted by molar-refractivity contribution is 6.01. The first-order valence-corrected chi connectivity index (χ1v) is 6.65. The molecule has 7 heteroatoms. The summed E-state index contributed by atoms with van der Waals surface area (Å²) in [6.45, 7) is 1.76. The molecule has 0 bridgehead atoms. The first-order chi connectivity index (χ1) is 11.0. The van der Waals surface area contributed by atoms with Gasteiger partial charge in [-0.3, -0.25) is 14.9 Å². The van der Waals surface area contributed by atoms with Gasteiger partial charge in [-0.2, -0.15) is 5.26 Å². The Morgan fingerprint density at radius 2 is 2.13 bits per heavy atom. The van der Waals surface area contributed by atoms with Crippen molar-refractivity contribution in [1.82, 2.24) is 5.32 Å². The number of aryl methyl sites for hydroxylation is 1. The van der Waals surface area contributed by atoms with Crippen LogP contribution in [0.5, 0.6) is 0 Å². The van der Waals surface area contributed by atoms with Crippen molar-refractivity contribution in [2.75, 3.05) is 7.05 Å². The van der Waals surface area contributed by atoms with Gasteiger partial charge in [-0.1, -0.05) is 6.07 Å². The highest BCUT2D eigenvalue weighted by Gasteiger charge is 2.18. The maximum Gasteiger partial charge on any atom is 0.280 e. The third kappa shape index (κ3) is 3.44. The van der Waals surface area contributed by atoms with E-state index < -0.39 is 10.8 Å². The molecule has 1 amide bonds. The van der Waals surface area contributed by atoms with Crippen molar-refractivity contribution in [2.24, 2.45) is 0 Å². The number of nitrogens with zero attached hydrogens (tertiary/aromatic N) is 2. The molecule has 0 radical (unpaired) electrons. The first-order valence-electron chi connectivity index (χ1n) is 6.65. The van der Waals surface area contributed by atoms with Crippen LogP contribution < -0.4 is 5.32 Å². The Labute approximate surface area is 132 Å². The number of nitro benzene ring substituents is 1. The lowest BCUT2D eigenvalue weighted by Crippen LogP contribution is -2.18. The molecule has 1 heterocycles. The molecule has 0 aliphatic heterocycles. The normalized spacial score (nSPS) is 10.9. The maximum absolute atomic E-state index is 11.5. The number of rotatable bonds is 4. The molecule has 7 nitrogen and oxygen atoms in total. The van der Waals surface area contributed by atoms with Crippen LogP contribution in [0, 0.1) is 28.4 Å². The van der Waals surface area contributed by atoms with E-state index in [9.17, 15) is 14.9 Å². The van der Waals surface area contributed by atoms with Crippen molar-refractivity contribution in [2.45, 2.75) is 6.92 Å². The van der Waals surface area contributed by atoms with Gasteiger partial charge in [0, 0.05) is 19.2 Å². The number of benzene rings is 1. The van der Waals surface area contributed by atoms with E-state index in [4.69, 9.17) is 9.68 Å². The Morgan fingerprint density at radius 3 is 2.74 bits per heavy atom. The molecule has 0 saturated carbocycles. The van der Waals surface area contributed by atoms with Gasteiger partial charge in [0.1, 0.15) is 23.2 Å². The molecular formula is C16H13N3O4. The standard InChI is InChI=1S/C16H13N3O4/c1-10-3-5-13(14(7-10)19(21)22)15-6-4-12(23-15)8-11(9-17)16(20)18-2/h3-8H,1-2H3,(H,18,20). The lowest BCUT2D eigenvalue weighted by atomic mass is 10.1. The molecule has 1 aromatic carbocycles. The third-order valence-corrected chi connectivity index (χ3v) is 3.12. The van der Waals surface area contributed by atoms with Gasteiger partial charge >= 0.3 is 0 Å². The number of likely N-dealkylation sites (N-methyl/N-ethyl adjacent to an activating group) is 1. The SMILES string of the molecule is CNC(=O)C(C#N)=Cc1ccc(-c2ccc(C)cc2[N+](=O)[O-])o1. The summed E-state index contributed by atoms with van der Waals surface area (Å²) in [5.74, 6) is 0.0129. The molecule has 0 fully saturated rings. The molecule has 2 rings (SSSR count). The summed E-state index contributed by atoms with van der Waals surface area (Å²) in [6, 6.07) is 9.67. The van der Waals surface area contributed by atoms with Crippen LogP contribution in [0.25, 0.3) is 17.4 Å². The Kier molecular flexibility index (Phi) is 4.57.